The van der Waals surface area contributed by atoms with E-state index in [1.54, 1.807) is 7.11 Å². The molecule has 0 aliphatic heterocycles. The van der Waals surface area contributed by atoms with Crippen LogP contribution in [-0.4, -0.2) is 18.8 Å². The molecule has 0 saturated carbocycles. The first kappa shape index (κ1) is 14.7. The molecule has 0 aromatic heterocycles. The van der Waals surface area contributed by atoms with E-state index in [1.165, 1.54) is 19.3 Å². The molecule has 0 aliphatic rings. The number of rotatable bonds is 9. The first-order chi connectivity index (χ1) is 7.02. The summed E-state index contributed by atoms with van der Waals surface area (Å²) in [6.07, 6.45) is 8.85. The number of unbranched alkanes of at least 4 members (excludes halogenated alkanes) is 3. The van der Waals surface area contributed by atoms with Gasteiger partial charge in [0.25, 0.3) is 0 Å². The normalized spacial score (nSPS) is 13.9. The quantitative estimate of drug-likeness (QED) is 0.471. The van der Waals surface area contributed by atoms with E-state index in [-0.39, 0.29) is 11.6 Å². The molecule has 0 aromatic rings. The fraction of sp³-hybridized carbons (Fsp3) is 0.846. The lowest BCUT2D eigenvalue weighted by Crippen LogP contribution is -2.33. The summed E-state index contributed by atoms with van der Waals surface area (Å²) in [6.45, 7) is 7.89. The van der Waals surface area contributed by atoms with Crippen molar-refractivity contribution in [1.82, 2.24) is 0 Å². The van der Waals surface area contributed by atoms with Crippen LogP contribution >= 0.6 is 0 Å². The van der Waals surface area contributed by atoms with Crippen LogP contribution < -0.4 is 5.73 Å². The van der Waals surface area contributed by atoms with Gasteiger partial charge in [0, 0.05) is 13.2 Å². The van der Waals surface area contributed by atoms with Gasteiger partial charge < -0.3 is 10.5 Å². The fourth-order valence-electron chi connectivity index (χ4n) is 1.69. The second-order valence-electron chi connectivity index (χ2n) is 4.85. The van der Waals surface area contributed by atoms with Gasteiger partial charge in [-0.1, -0.05) is 18.9 Å². The zero-order chi connectivity index (χ0) is 11.7. The predicted molar refractivity (Wildman–Crippen MR) is 67.0 cm³/mol. The van der Waals surface area contributed by atoms with Crippen LogP contribution in [0.1, 0.15) is 52.4 Å². The van der Waals surface area contributed by atoms with Gasteiger partial charge in [0.1, 0.15) is 0 Å². The van der Waals surface area contributed by atoms with E-state index in [4.69, 9.17) is 10.5 Å². The zero-order valence-corrected chi connectivity index (χ0v) is 10.6. The van der Waals surface area contributed by atoms with Crippen molar-refractivity contribution < 1.29 is 4.74 Å². The van der Waals surface area contributed by atoms with Gasteiger partial charge in [-0.25, -0.2) is 0 Å². The Morgan fingerprint density at radius 2 is 2.00 bits per heavy atom. The smallest absolute Gasteiger partial charge is 0.0637 e. The molecule has 15 heavy (non-hydrogen) atoms. The number of nitrogens with two attached hydrogens (primary N) is 1. The number of methoxy groups -OCH3 is 1. The molecule has 1 unspecified atom stereocenters. The summed E-state index contributed by atoms with van der Waals surface area (Å²) in [5.41, 5.74) is 5.97. The third-order valence-electron chi connectivity index (χ3n) is 2.79. The van der Waals surface area contributed by atoms with E-state index in [0.717, 1.165) is 19.3 Å². The lowest BCUT2D eigenvalue weighted by molar-refractivity contribution is 0.00941. The van der Waals surface area contributed by atoms with Gasteiger partial charge in [-0.2, -0.15) is 0 Å². The topological polar surface area (TPSA) is 35.2 Å². The van der Waals surface area contributed by atoms with Gasteiger partial charge in [-0.05, 0) is 39.5 Å². The van der Waals surface area contributed by atoms with Crippen LogP contribution in [0.2, 0.25) is 0 Å². The minimum atomic E-state index is -0.0828. The van der Waals surface area contributed by atoms with Gasteiger partial charge in [0.15, 0.2) is 0 Å². The van der Waals surface area contributed by atoms with E-state index < -0.39 is 0 Å². The molecule has 1 atom stereocenters. The molecular weight excluding hydrogens is 186 g/mol. The number of hydrogen-bond acceptors (Lipinski definition) is 2. The molecule has 0 spiro atoms. The maximum atomic E-state index is 6.05. The average molecular weight is 213 g/mol. The molecule has 0 heterocycles. The van der Waals surface area contributed by atoms with Crippen molar-refractivity contribution in [2.24, 2.45) is 5.73 Å². The van der Waals surface area contributed by atoms with Gasteiger partial charge in [0.2, 0.25) is 0 Å². The molecule has 0 aliphatic carbocycles. The van der Waals surface area contributed by atoms with Crippen LogP contribution in [0.4, 0.5) is 0 Å². The van der Waals surface area contributed by atoms with Crippen LogP contribution in [0.25, 0.3) is 0 Å². The number of hydrogen-bond donors (Lipinski definition) is 1. The highest BCUT2D eigenvalue weighted by molar-refractivity contribution is 4.76. The van der Waals surface area contributed by atoms with Gasteiger partial charge in [-0.15, -0.1) is 6.58 Å². The van der Waals surface area contributed by atoms with Crippen molar-refractivity contribution in [3.05, 3.63) is 12.7 Å². The Kier molecular flexibility index (Phi) is 7.71. The van der Waals surface area contributed by atoms with Crippen LogP contribution in [0, 0.1) is 0 Å². The van der Waals surface area contributed by atoms with Gasteiger partial charge in [0.05, 0.1) is 5.60 Å². The molecular formula is C13H27NO. The zero-order valence-electron chi connectivity index (χ0n) is 10.6. The fourth-order valence-corrected chi connectivity index (χ4v) is 1.69. The average Bonchev–Trinajstić information content (AvgIpc) is 2.17. The van der Waals surface area contributed by atoms with Crippen LogP contribution in [-0.2, 0) is 4.74 Å². The predicted octanol–water partition coefficient (Wildman–Crippen LogP) is 3.27. The first-order valence-electron chi connectivity index (χ1n) is 5.93. The highest BCUT2D eigenvalue weighted by atomic mass is 16.5. The van der Waals surface area contributed by atoms with Crippen LogP contribution in [0.15, 0.2) is 12.7 Å². The monoisotopic (exact) mass is 213 g/mol. The van der Waals surface area contributed by atoms with E-state index in [1.807, 2.05) is 6.08 Å². The van der Waals surface area contributed by atoms with Crippen LogP contribution in [0.5, 0.6) is 0 Å². The molecule has 0 bridgehead atoms. The Hall–Kier alpha value is -0.340. The number of ether oxygens (including phenoxy) is 1. The molecule has 0 fully saturated rings. The van der Waals surface area contributed by atoms with Crippen LogP contribution in [0.3, 0.4) is 0 Å². The largest absolute Gasteiger partial charge is 0.379 e. The van der Waals surface area contributed by atoms with Crippen molar-refractivity contribution in [3.63, 3.8) is 0 Å². The van der Waals surface area contributed by atoms with Crippen molar-refractivity contribution in [3.8, 4) is 0 Å². The second kappa shape index (κ2) is 7.89. The summed E-state index contributed by atoms with van der Waals surface area (Å²) in [4.78, 5) is 0. The Labute approximate surface area is 94.9 Å². The highest BCUT2D eigenvalue weighted by Gasteiger charge is 2.19. The summed E-state index contributed by atoms with van der Waals surface area (Å²) in [7, 11) is 1.75. The third-order valence-corrected chi connectivity index (χ3v) is 2.79. The van der Waals surface area contributed by atoms with E-state index >= 15 is 0 Å². The standard InChI is InChI=1S/C13H27NO/c1-5-6-7-8-9-10-12(14)11-13(2,3)15-4/h5,12H,1,6-11,14H2,2-4H3. The summed E-state index contributed by atoms with van der Waals surface area (Å²) >= 11 is 0. The van der Waals surface area contributed by atoms with Crippen molar-refractivity contribution in [2.75, 3.05) is 7.11 Å². The summed E-state index contributed by atoms with van der Waals surface area (Å²) in [5.74, 6) is 0. The van der Waals surface area contributed by atoms with Crippen molar-refractivity contribution in [1.29, 1.82) is 0 Å². The molecule has 2 heteroatoms. The molecule has 0 amide bonds. The minimum absolute atomic E-state index is 0.0828. The van der Waals surface area contributed by atoms with E-state index in [2.05, 4.69) is 20.4 Å². The van der Waals surface area contributed by atoms with Gasteiger partial charge in [-0.3, -0.25) is 0 Å². The molecule has 2 nitrogen and oxygen atoms in total. The second-order valence-corrected chi connectivity index (χ2v) is 4.85. The lowest BCUT2D eigenvalue weighted by Gasteiger charge is -2.26. The Morgan fingerprint density at radius 3 is 2.53 bits per heavy atom. The summed E-state index contributed by atoms with van der Waals surface area (Å²) in [6, 6.07) is 0.267. The highest BCUT2D eigenvalue weighted by Crippen LogP contribution is 2.17. The molecule has 0 radical (unpaired) electrons. The van der Waals surface area contributed by atoms with Gasteiger partial charge >= 0.3 is 0 Å². The summed E-state index contributed by atoms with van der Waals surface area (Å²) < 4.78 is 5.36. The minimum Gasteiger partial charge on any atom is -0.379 e. The molecule has 0 rings (SSSR count). The summed E-state index contributed by atoms with van der Waals surface area (Å²) in [5, 5.41) is 0. The van der Waals surface area contributed by atoms with Crippen molar-refractivity contribution in [2.45, 2.75) is 64.0 Å². The third kappa shape index (κ3) is 8.64. The lowest BCUT2D eigenvalue weighted by atomic mass is 9.95. The Bertz CT molecular complexity index is 166. The molecule has 2 N–H and O–H groups in total. The van der Waals surface area contributed by atoms with Crippen molar-refractivity contribution >= 4 is 0 Å². The Balaban J connectivity index is 3.48. The SMILES string of the molecule is C=CCCCCCC(N)CC(C)(C)OC. The van der Waals surface area contributed by atoms with E-state index in [0.29, 0.717) is 0 Å². The van der Waals surface area contributed by atoms with E-state index in [9.17, 15) is 0 Å². The Morgan fingerprint density at radius 1 is 1.33 bits per heavy atom. The molecule has 90 valence electrons. The maximum Gasteiger partial charge on any atom is 0.0637 e. The number of allylic oxidation sites excluding steroid dienone is 1. The maximum absolute atomic E-state index is 6.05. The molecule has 0 saturated heterocycles. The molecule has 0 aromatic carbocycles. The first-order valence-corrected chi connectivity index (χ1v) is 5.93.